The molecular formula is C17H27NO2. The van der Waals surface area contributed by atoms with Crippen LogP contribution in [0.15, 0.2) is 24.3 Å². The van der Waals surface area contributed by atoms with Crippen LogP contribution < -0.4 is 10.1 Å². The molecule has 0 aliphatic heterocycles. The predicted octanol–water partition coefficient (Wildman–Crippen LogP) is 3.26. The Morgan fingerprint density at radius 2 is 2.15 bits per heavy atom. The summed E-state index contributed by atoms with van der Waals surface area (Å²) in [5, 5.41) is 12.5. The molecule has 3 nitrogen and oxygen atoms in total. The molecule has 1 saturated carbocycles. The van der Waals surface area contributed by atoms with Gasteiger partial charge in [-0.05, 0) is 56.2 Å². The van der Waals surface area contributed by atoms with Crippen LogP contribution in [0.1, 0.15) is 51.0 Å². The highest BCUT2D eigenvalue weighted by atomic mass is 16.5. The standard InChI is InChI=1S/C17H27NO2/c1-2-15(10-11-19)18-13-14-6-5-9-17(12-14)20-16-7-3-4-8-16/h5-6,9,12,15-16,18-19H,2-4,7-8,10-11,13H2,1H3. The van der Waals surface area contributed by atoms with Gasteiger partial charge in [0.15, 0.2) is 0 Å². The Labute approximate surface area is 122 Å². The number of ether oxygens (including phenoxy) is 1. The number of nitrogens with one attached hydrogen (secondary N) is 1. The van der Waals surface area contributed by atoms with E-state index < -0.39 is 0 Å². The van der Waals surface area contributed by atoms with Crippen molar-refractivity contribution in [3.8, 4) is 5.75 Å². The quantitative estimate of drug-likeness (QED) is 0.766. The van der Waals surface area contributed by atoms with Crippen molar-refractivity contribution in [1.82, 2.24) is 5.32 Å². The number of aliphatic hydroxyl groups excluding tert-OH is 1. The first-order valence-electron chi connectivity index (χ1n) is 7.91. The minimum atomic E-state index is 0.246. The van der Waals surface area contributed by atoms with Crippen molar-refractivity contribution >= 4 is 0 Å². The smallest absolute Gasteiger partial charge is 0.120 e. The van der Waals surface area contributed by atoms with Crippen molar-refractivity contribution in [3.05, 3.63) is 29.8 Å². The highest BCUT2D eigenvalue weighted by Gasteiger charge is 2.16. The summed E-state index contributed by atoms with van der Waals surface area (Å²) in [6.45, 7) is 3.23. The lowest BCUT2D eigenvalue weighted by Gasteiger charge is -2.17. The molecule has 20 heavy (non-hydrogen) atoms. The number of benzene rings is 1. The van der Waals surface area contributed by atoms with E-state index in [2.05, 4.69) is 30.4 Å². The molecule has 0 aromatic heterocycles. The summed E-state index contributed by atoms with van der Waals surface area (Å²) >= 11 is 0. The monoisotopic (exact) mass is 277 g/mol. The van der Waals surface area contributed by atoms with E-state index in [9.17, 15) is 0 Å². The summed E-state index contributed by atoms with van der Waals surface area (Å²) in [4.78, 5) is 0. The largest absolute Gasteiger partial charge is 0.490 e. The van der Waals surface area contributed by atoms with E-state index in [-0.39, 0.29) is 6.61 Å². The number of aliphatic hydroxyl groups is 1. The molecule has 0 amide bonds. The molecule has 3 heteroatoms. The third-order valence-corrected chi connectivity index (χ3v) is 4.07. The minimum Gasteiger partial charge on any atom is -0.490 e. The topological polar surface area (TPSA) is 41.5 Å². The van der Waals surface area contributed by atoms with Crippen LogP contribution in [0.3, 0.4) is 0 Å². The zero-order valence-corrected chi connectivity index (χ0v) is 12.5. The summed E-state index contributed by atoms with van der Waals surface area (Å²) in [6.07, 6.45) is 7.24. The summed E-state index contributed by atoms with van der Waals surface area (Å²) in [7, 11) is 0. The zero-order chi connectivity index (χ0) is 14.2. The van der Waals surface area contributed by atoms with Gasteiger partial charge in [0.05, 0.1) is 6.10 Å². The molecule has 0 bridgehead atoms. The zero-order valence-electron chi connectivity index (χ0n) is 12.5. The molecule has 1 atom stereocenters. The summed E-state index contributed by atoms with van der Waals surface area (Å²) in [5.41, 5.74) is 1.25. The lowest BCUT2D eigenvalue weighted by atomic mass is 10.1. The van der Waals surface area contributed by atoms with E-state index in [4.69, 9.17) is 9.84 Å². The number of hydrogen-bond acceptors (Lipinski definition) is 3. The maximum Gasteiger partial charge on any atom is 0.120 e. The first-order valence-corrected chi connectivity index (χ1v) is 7.91. The Kier molecular flexibility index (Phi) is 6.34. The van der Waals surface area contributed by atoms with E-state index in [0.717, 1.165) is 25.1 Å². The molecule has 0 spiro atoms. The molecule has 1 aliphatic carbocycles. The van der Waals surface area contributed by atoms with Crippen LogP contribution in [0.25, 0.3) is 0 Å². The van der Waals surface area contributed by atoms with E-state index in [1.165, 1.54) is 31.2 Å². The van der Waals surface area contributed by atoms with E-state index in [1.807, 2.05) is 6.07 Å². The Hall–Kier alpha value is -1.06. The molecule has 2 N–H and O–H groups in total. The highest BCUT2D eigenvalue weighted by Crippen LogP contribution is 2.24. The molecule has 1 unspecified atom stereocenters. The lowest BCUT2D eigenvalue weighted by Crippen LogP contribution is -2.28. The minimum absolute atomic E-state index is 0.246. The highest BCUT2D eigenvalue weighted by molar-refractivity contribution is 5.28. The maximum atomic E-state index is 9.01. The normalized spacial score (nSPS) is 17.3. The number of rotatable bonds is 8. The van der Waals surface area contributed by atoms with Crippen LogP contribution in [0.4, 0.5) is 0 Å². The van der Waals surface area contributed by atoms with Gasteiger partial charge in [-0.2, -0.15) is 0 Å². The van der Waals surface area contributed by atoms with Gasteiger partial charge < -0.3 is 15.2 Å². The molecule has 0 radical (unpaired) electrons. The molecule has 1 aromatic carbocycles. The second-order valence-electron chi connectivity index (χ2n) is 5.67. The van der Waals surface area contributed by atoms with Gasteiger partial charge in [-0.15, -0.1) is 0 Å². The Balaban J connectivity index is 1.85. The molecule has 1 fully saturated rings. The first-order chi connectivity index (χ1) is 9.81. The number of hydrogen-bond donors (Lipinski definition) is 2. The van der Waals surface area contributed by atoms with Crippen molar-refractivity contribution in [2.45, 2.75) is 64.1 Å². The Bertz CT molecular complexity index is 388. The molecule has 1 aliphatic rings. The fraction of sp³-hybridized carbons (Fsp3) is 0.647. The van der Waals surface area contributed by atoms with Crippen molar-refractivity contribution in [3.63, 3.8) is 0 Å². The predicted molar refractivity (Wildman–Crippen MR) is 81.9 cm³/mol. The molecule has 0 saturated heterocycles. The second-order valence-corrected chi connectivity index (χ2v) is 5.67. The van der Waals surface area contributed by atoms with Crippen molar-refractivity contribution in [1.29, 1.82) is 0 Å². The van der Waals surface area contributed by atoms with E-state index >= 15 is 0 Å². The molecule has 0 heterocycles. The SMILES string of the molecule is CCC(CCO)NCc1cccc(OC2CCCC2)c1. The van der Waals surface area contributed by atoms with Crippen LogP contribution in [0.2, 0.25) is 0 Å². The lowest BCUT2D eigenvalue weighted by molar-refractivity contribution is 0.209. The van der Waals surface area contributed by atoms with Gasteiger partial charge in [-0.3, -0.25) is 0 Å². The van der Waals surface area contributed by atoms with Crippen molar-refractivity contribution in [2.24, 2.45) is 0 Å². The molecule has 1 aromatic rings. The fourth-order valence-corrected chi connectivity index (χ4v) is 2.80. The van der Waals surface area contributed by atoms with E-state index in [0.29, 0.717) is 12.1 Å². The first kappa shape index (κ1) is 15.3. The average molecular weight is 277 g/mol. The van der Waals surface area contributed by atoms with Gasteiger partial charge in [0.25, 0.3) is 0 Å². The fourth-order valence-electron chi connectivity index (χ4n) is 2.80. The summed E-state index contributed by atoms with van der Waals surface area (Å²) in [6, 6.07) is 8.76. The van der Waals surface area contributed by atoms with Crippen LogP contribution in [-0.2, 0) is 6.54 Å². The van der Waals surface area contributed by atoms with Crippen LogP contribution in [0, 0.1) is 0 Å². The molecule has 112 valence electrons. The maximum absolute atomic E-state index is 9.01. The van der Waals surface area contributed by atoms with Crippen LogP contribution >= 0.6 is 0 Å². The van der Waals surface area contributed by atoms with Gasteiger partial charge >= 0.3 is 0 Å². The summed E-state index contributed by atoms with van der Waals surface area (Å²) in [5.74, 6) is 0.992. The van der Waals surface area contributed by atoms with Crippen molar-refractivity contribution < 1.29 is 9.84 Å². The van der Waals surface area contributed by atoms with Crippen LogP contribution in [-0.4, -0.2) is 23.9 Å². The molecular weight excluding hydrogens is 250 g/mol. The van der Waals surface area contributed by atoms with Gasteiger partial charge in [-0.1, -0.05) is 19.1 Å². The Morgan fingerprint density at radius 3 is 2.85 bits per heavy atom. The van der Waals surface area contributed by atoms with Crippen molar-refractivity contribution in [2.75, 3.05) is 6.61 Å². The Morgan fingerprint density at radius 1 is 1.35 bits per heavy atom. The second kappa shape index (κ2) is 8.28. The van der Waals surface area contributed by atoms with Gasteiger partial charge in [0.1, 0.15) is 5.75 Å². The third-order valence-electron chi connectivity index (χ3n) is 4.07. The molecule has 2 rings (SSSR count). The average Bonchev–Trinajstić information content (AvgIpc) is 2.97. The van der Waals surface area contributed by atoms with Gasteiger partial charge in [0.2, 0.25) is 0 Å². The summed E-state index contributed by atoms with van der Waals surface area (Å²) < 4.78 is 6.03. The van der Waals surface area contributed by atoms with Gasteiger partial charge in [0, 0.05) is 19.2 Å². The van der Waals surface area contributed by atoms with E-state index in [1.54, 1.807) is 0 Å². The van der Waals surface area contributed by atoms with Crippen LogP contribution in [0.5, 0.6) is 5.75 Å². The van der Waals surface area contributed by atoms with Gasteiger partial charge in [-0.25, -0.2) is 0 Å². The third kappa shape index (κ3) is 4.80.